The number of anilines is 2. The second-order valence-corrected chi connectivity index (χ2v) is 10.4. The van der Waals surface area contributed by atoms with E-state index >= 15 is 0 Å². The summed E-state index contributed by atoms with van der Waals surface area (Å²) in [6.07, 6.45) is 4.02. The maximum atomic E-state index is 13.1. The molecule has 3 aromatic rings. The van der Waals surface area contributed by atoms with E-state index < -0.39 is 10.0 Å². The Morgan fingerprint density at radius 3 is 2.32 bits per heavy atom. The molecule has 0 aromatic heterocycles. The van der Waals surface area contributed by atoms with Gasteiger partial charge in [-0.3, -0.25) is 9.52 Å². The molecule has 1 aliphatic heterocycles. The number of hydrogen-bond acceptors (Lipinski definition) is 4. The molecule has 0 spiro atoms. The molecule has 1 saturated heterocycles. The van der Waals surface area contributed by atoms with Crippen LogP contribution in [0.5, 0.6) is 0 Å². The predicted molar refractivity (Wildman–Crippen MR) is 137 cm³/mol. The normalized spacial score (nSPS) is 14.0. The smallest absolute Gasteiger partial charge is 0.261 e. The summed E-state index contributed by atoms with van der Waals surface area (Å²) in [5.74, 6) is -0.225. The number of rotatable bonds is 8. The Morgan fingerprint density at radius 1 is 0.912 bits per heavy atom. The van der Waals surface area contributed by atoms with Crippen molar-refractivity contribution in [1.82, 2.24) is 5.32 Å². The summed E-state index contributed by atoms with van der Waals surface area (Å²) in [4.78, 5) is 15.2. The first-order valence-corrected chi connectivity index (χ1v) is 13.2. The second-order valence-electron chi connectivity index (χ2n) is 8.69. The first-order chi connectivity index (χ1) is 16.4. The highest BCUT2D eigenvalue weighted by Crippen LogP contribution is 2.31. The summed E-state index contributed by atoms with van der Waals surface area (Å²) < 4.78 is 29.0. The van der Waals surface area contributed by atoms with Gasteiger partial charge in [-0.05, 0) is 68.5 Å². The Balaban J connectivity index is 1.56. The summed E-state index contributed by atoms with van der Waals surface area (Å²) >= 11 is 0. The van der Waals surface area contributed by atoms with Crippen molar-refractivity contribution in [2.75, 3.05) is 29.3 Å². The predicted octanol–water partition coefficient (Wildman–Crippen LogP) is 4.76. The Hall–Kier alpha value is -3.32. The molecule has 0 saturated carbocycles. The molecule has 0 radical (unpaired) electrons. The highest BCUT2D eigenvalue weighted by molar-refractivity contribution is 7.92. The van der Waals surface area contributed by atoms with Crippen molar-refractivity contribution < 1.29 is 13.2 Å². The number of carbonyl (C=O) groups is 1. The van der Waals surface area contributed by atoms with Crippen molar-refractivity contribution in [2.24, 2.45) is 0 Å². The third-order valence-electron chi connectivity index (χ3n) is 6.07. The van der Waals surface area contributed by atoms with Gasteiger partial charge < -0.3 is 10.2 Å². The van der Waals surface area contributed by atoms with E-state index in [9.17, 15) is 13.2 Å². The van der Waals surface area contributed by atoms with Crippen LogP contribution in [-0.2, 0) is 16.4 Å². The third kappa shape index (κ3) is 5.97. The minimum atomic E-state index is -3.80. The van der Waals surface area contributed by atoms with Crippen molar-refractivity contribution >= 4 is 27.3 Å². The zero-order valence-electron chi connectivity index (χ0n) is 19.5. The molecule has 1 aliphatic rings. The van der Waals surface area contributed by atoms with E-state index in [0.717, 1.165) is 49.2 Å². The first-order valence-electron chi connectivity index (χ1n) is 11.7. The quantitative estimate of drug-likeness (QED) is 0.490. The molecule has 1 amide bonds. The standard InChI is InChI=1S/C27H31N3O3S/c1-21-10-13-24(14-11-21)34(32,33)29-25-20-23(12-15-26(25)30-18-6-3-7-19-30)27(31)28-17-16-22-8-4-2-5-9-22/h2,4-5,8-15,20,29H,3,6-7,16-19H2,1H3,(H,28,31). The van der Waals surface area contributed by atoms with Crippen molar-refractivity contribution in [3.05, 3.63) is 89.5 Å². The lowest BCUT2D eigenvalue weighted by Crippen LogP contribution is -2.31. The van der Waals surface area contributed by atoms with Gasteiger partial charge in [0.2, 0.25) is 0 Å². The number of nitrogens with zero attached hydrogens (tertiary/aromatic N) is 1. The van der Waals surface area contributed by atoms with Crippen LogP contribution in [0.3, 0.4) is 0 Å². The van der Waals surface area contributed by atoms with Crippen LogP contribution in [0.15, 0.2) is 77.7 Å². The molecule has 2 N–H and O–H groups in total. The minimum absolute atomic E-state index is 0.195. The lowest BCUT2D eigenvalue weighted by Gasteiger charge is -2.31. The molecule has 1 heterocycles. The molecule has 1 fully saturated rings. The molecule has 3 aromatic carbocycles. The first kappa shape index (κ1) is 23.8. The molecule has 178 valence electrons. The van der Waals surface area contributed by atoms with Crippen molar-refractivity contribution in [1.29, 1.82) is 0 Å². The summed E-state index contributed by atoms with van der Waals surface area (Å²) in [7, 11) is -3.80. The van der Waals surface area contributed by atoms with Gasteiger partial charge in [-0.1, -0.05) is 48.0 Å². The monoisotopic (exact) mass is 477 g/mol. The van der Waals surface area contributed by atoms with Gasteiger partial charge in [-0.25, -0.2) is 8.42 Å². The van der Waals surface area contributed by atoms with Gasteiger partial charge in [-0.2, -0.15) is 0 Å². The molecule has 0 atom stereocenters. The Bertz CT molecular complexity index is 1220. The fraction of sp³-hybridized carbons (Fsp3) is 0.296. The van der Waals surface area contributed by atoms with Gasteiger partial charge in [-0.15, -0.1) is 0 Å². The molecular weight excluding hydrogens is 446 g/mol. The molecular formula is C27H31N3O3S. The van der Waals surface area contributed by atoms with Gasteiger partial charge in [0, 0.05) is 25.2 Å². The number of aryl methyl sites for hydroxylation is 1. The van der Waals surface area contributed by atoms with Crippen LogP contribution in [0.1, 0.15) is 40.7 Å². The van der Waals surface area contributed by atoms with E-state index in [1.54, 1.807) is 36.4 Å². The molecule has 6 nitrogen and oxygen atoms in total. The van der Waals surface area contributed by atoms with Crippen LogP contribution >= 0.6 is 0 Å². The Labute approximate surface area is 202 Å². The van der Waals surface area contributed by atoms with E-state index in [4.69, 9.17) is 0 Å². The van der Waals surface area contributed by atoms with E-state index in [-0.39, 0.29) is 10.8 Å². The van der Waals surface area contributed by atoms with Gasteiger partial charge in [0.05, 0.1) is 16.3 Å². The van der Waals surface area contributed by atoms with Crippen LogP contribution < -0.4 is 14.9 Å². The SMILES string of the molecule is Cc1ccc(S(=O)(=O)Nc2cc(C(=O)NCCc3ccccc3)ccc2N2CCCCC2)cc1. The van der Waals surface area contributed by atoms with Gasteiger partial charge >= 0.3 is 0 Å². The maximum Gasteiger partial charge on any atom is 0.261 e. The van der Waals surface area contributed by atoms with Gasteiger partial charge in [0.25, 0.3) is 15.9 Å². The third-order valence-corrected chi connectivity index (χ3v) is 7.45. The highest BCUT2D eigenvalue weighted by atomic mass is 32.2. The Morgan fingerprint density at radius 2 is 1.62 bits per heavy atom. The van der Waals surface area contributed by atoms with Crippen molar-refractivity contribution in [3.63, 3.8) is 0 Å². The topological polar surface area (TPSA) is 78.5 Å². The fourth-order valence-corrected chi connectivity index (χ4v) is 5.22. The van der Waals surface area contributed by atoms with E-state index in [2.05, 4.69) is 14.9 Å². The maximum absolute atomic E-state index is 13.1. The lowest BCUT2D eigenvalue weighted by atomic mass is 10.1. The lowest BCUT2D eigenvalue weighted by molar-refractivity contribution is 0.0954. The number of piperidine rings is 1. The number of nitrogens with one attached hydrogen (secondary N) is 2. The van der Waals surface area contributed by atoms with E-state index in [1.165, 1.54) is 6.42 Å². The van der Waals surface area contributed by atoms with Gasteiger partial charge in [0.15, 0.2) is 0 Å². The second kappa shape index (κ2) is 10.7. The number of sulfonamides is 1. The Kier molecular flexibility index (Phi) is 7.53. The van der Waals surface area contributed by atoms with Crippen molar-refractivity contribution in [3.8, 4) is 0 Å². The van der Waals surface area contributed by atoms with Gasteiger partial charge in [0.1, 0.15) is 0 Å². The summed E-state index contributed by atoms with van der Waals surface area (Å²) in [6.45, 7) is 4.14. The zero-order chi connectivity index (χ0) is 24.0. The highest BCUT2D eigenvalue weighted by Gasteiger charge is 2.21. The van der Waals surface area contributed by atoms with Crippen molar-refractivity contribution in [2.45, 2.75) is 37.5 Å². The van der Waals surface area contributed by atoms with Crippen LogP contribution in [0, 0.1) is 6.92 Å². The molecule has 0 bridgehead atoms. The van der Waals surface area contributed by atoms with Crippen LogP contribution in [0.25, 0.3) is 0 Å². The van der Waals surface area contributed by atoms with E-state index in [1.807, 2.05) is 43.3 Å². The summed E-state index contributed by atoms with van der Waals surface area (Å²) in [5, 5.41) is 2.94. The minimum Gasteiger partial charge on any atom is -0.370 e. The zero-order valence-corrected chi connectivity index (χ0v) is 20.3. The fourth-order valence-electron chi connectivity index (χ4n) is 4.16. The largest absolute Gasteiger partial charge is 0.370 e. The number of benzene rings is 3. The van der Waals surface area contributed by atoms with Crippen LogP contribution in [-0.4, -0.2) is 34.0 Å². The average molecular weight is 478 g/mol. The number of amides is 1. The number of carbonyl (C=O) groups excluding carboxylic acids is 1. The molecule has 7 heteroatoms. The van der Waals surface area contributed by atoms with Crippen LogP contribution in [0.4, 0.5) is 11.4 Å². The molecule has 4 rings (SSSR count). The molecule has 0 unspecified atom stereocenters. The molecule has 34 heavy (non-hydrogen) atoms. The summed E-state index contributed by atoms with van der Waals surface area (Å²) in [6, 6.07) is 22.0. The number of hydrogen-bond donors (Lipinski definition) is 2. The average Bonchev–Trinajstić information content (AvgIpc) is 2.85. The molecule has 0 aliphatic carbocycles. The van der Waals surface area contributed by atoms with E-state index in [0.29, 0.717) is 17.8 Å². The summed E-state index contributed by atoms with van der Waals surface area (Å²) in [5.41, 5.74) is 3.79. The van der Waals surface area contributed by atoms with Crippen LogP contribution in [0.2, 0.25) is 0 Å².